The van der Waals surface area contributed by atoms with Crippen LogP contribution in [-0.2, 0) is 30.2 Å². The normalized spacial score (nSPS) is 24.9. The lowest BCUT2D eigenvalue weighted by atomic mass is 9.55. The third-order valence-electron chi connectivity index (χ3n) is 10.3. The topological polar surface area (TPSA) is 181 Å². The van der Waals surface area contributed by atoms with Gasteiger partial charge in [-0.05, 0) is 104 Å². The number of primary amides is 1. The van der Waals surface area contributed by atoms with Gasteiger partial charge in [-0.2, -0.15) is 0 Å². The Kier molecular flexibility index (Phi) is 10.9. The first-order valence-electron chi connectivity index (χ1n) is 16.3. The minimum absolute atomic E-state index is 0.0679. The molecule has 0 bridgehead atoms. The molecular formula is C35H46N2O9. The molecule has 0 spiro atoms. The van der Waals surface area contributed by atoms with Gasteiger partial charge in [-0.1, -0.05) is 13.0 Å². The van der Waals surface area contributed by atoms with Crippen LogP contribution in [0, 0.1) is 17.3 Å². The van der Waals surface area contributed by atoms with Crippen LogP contribution in [0.2, 0.25) is 0 Å². The van der Waals surface area contributed by atoms with Gasteiger partial charge in [0, 0.05) is 19.4 Å². The van der Waals surface area contributed by atoms with E-state index in [-0.39, 0.29) is 47.5 Å². The molecule has 3 aliphatic rings. The number of ether oxygens (including phenoxy) is 4. The van der Waals surface area contributed by atoms with Gasteiger partial charge >= 0.3 is 5.97 Å². The maximum absolute atomic E-state index is 12.5. The molecule has 5 rings (SSSR count). The Morgan fingerprint density at radius 2 is 1.76 bits per heavy atom. The molecule has 2 aromatic carbocycles. The van der Waals surface area contributed by atoms with Gasteiger partial charge in [-0.3, -0.25) is 9.59 Å². The van der Waals surface area contributed by atoms with Crippen LogP contribution >= 0.6 is 0 Å². The molecule has 2 fully saturated rings. The van der Waals surface area contributed by atoms with Crippen molar-refractivity contribution in [2.45, 2.75) is 76.7 Å². The van der Waals surface area contributed by atoms with Gasteiger partial charge < -0.3 is 40.6 Å². The minimum atomic E-state index is -0.984. The molecule has 0 heterocycles. The second-order valence-electron chi connectivity index (χ2n) is 13.1. The number of phenols is 2. The van der Waals surface area contributed by atoms with Gasteiger partial charge in [0.2, 0.25) is 0 Å². The van der Waals surface area contributed by atoms with Gasteiger partial charge in [0.05, 0.1) is 31.6 Å². The Labute approximate surface area is 269 Å². The van der Waals surface area contributed by atoms with Gasteiger partial charge in [0.15, 0.2) is 5.75 Å². The van der Waals surface area contributed by atoms with Crippen LogP contribution in [0.3, 0.4) is 0 Å². The zero-order valence-electron chi connectivity index (χ0n) is 26.5. The maximum Gasteiger partial charge on any atom is 0.337 e. The van der Waals surface area contributed by atoms with E-state index in [0.29, 0.717) is 56.0 Å². The quantitative estimate of drug-likeness (QED) is 0.0718. The van der Waals surface area contributed by atoms with Gasteiger partial charge in [-0.15, -0.1) is 0 Å². The standard InChI is InChI=1S/C35H46N2O9/c1-35-14-12-25-24-7-5-23(39)19-21(24)4-6-26(25)27(35)8-11-30(35)45-16-13-22(38)3-2-15-43-17-18-44-20-31(40)46-29-10-9-28(36)33(41)32(29)34(37)42/h5,7,9-10,19,25-27,30,39,41H,2-4,6,8,11-18,20,36H2,1H3,(H2,37,42). The second-order valence-corrected chi connectivity index (χ2v) is 13.1. The van der Waals surface area contributed by atoms with E-state index in [0.717, 1.165) is 25.7 Å². The zero-order valence-corrected chi connectivity index (χ0v) is 26.5. The summed E-state index contributed by atoms with van der Waals surface area (Å²) in [4.78, 5) is 36.1. The van der Waals surface area contributed by atoms with Crippen molar-refractivity contribution in [3.8, 4) is 17.2 Å². The molecule has 46 heavy (non-hydrogen) atoms. The molecule has 0 aromatic heterocycles. The summed E-state index contributed by atoms with van der Waals surface area (Å²) in [6.45, 7) is 3.20. The molecule has 1 amide bonds. The average molecular weight is 639 g/mol. The Hall–Kier alpha value is -3.67. The smallest absolute Gasteiger partial charge is 0.337 e. The Morgan fingerprint density at radius 1 is 0.957 bits per heavy atom. The summed E-state index contributed by atoms with van der Waals surface area (Å²) in [5, 5.41) is 19.8. The highest BCUT2D eigenvalue weighted by Gasteiger charge is 2.55. The summed E-state index contributed by atoms with van der Waals surface area (Å²) in [6, 6.07) is 8.47. The summed E-state index contributed by atoms with van der Waals surface area (Å²) in [5.74, 6) is -0.142. The van der Waals surface area contributed by atoms with Crippen LogP contribution in [0.1, 0.15) is 85.7 Å². The molecule has 11 heteroatoms. The van der Waals surface area contributed by atoms with Crippen LogP contribution in [0.25, 0.3) is 0 Å². The zero-order chi connectivity index (χ0) is 32.8. The number of benzene rings is 2. The molecule has 250 valence electrons. The Morgan fingerprint density at radius 3 is 2.57 bits per heavy atom. The number of fused-ring (bicyclic) bond motifs is 5. The monoisotopic (exact) mass is 638 g/mol. The number of carbonyl (C=O) groups is 3. The van der Waals surface area contributed by atoms with Crippen molar-refractivity contribution in [2.24, 2.45) is 23.0 Å². The number of ketones is 1. The lowest BCUT2D eigenvalue weighted by Gasteiger charge is -2.50. The highest BCUT2D eigenvalue weighted by Crippen LogP contribution is 2.61. The molecule has 3 aliphatic carbocycles. The van der Waals surface area contributed by atoms with E-state index in [1.807, 2.05) is 12.1 Å². The number of aryl methyl sites for hydroxylation is 1. The Bertz CT molecular complexity index is 1430. The fraction of sp³-hybridized carbons (Fsp3) is 0.571. The SMILES string of the molecule is CC12CCC3c4ccc(O)cc4CCC3C1CCC2OCCC(=O)CCCOCCOCC(=O)Oc1ccc(N)c(O)c1C(N)=O. The first-order chi connectivity index (χ1) is 22.1. The summed E-state index contributed by atoms with van der Waals surface area (Å²) in [5.41, 5.74) is 13.2. The number of rotatable bonds is 15. The minimum Gasteiger partial charge on any atom is -0.508 e. The third kappa shape index (κ3) is 7.48. The summed E-state index contributed by atoms with van der Waals surface area (Å²) in [6.07, 6.45) is 8.29. The predicted molar refractivity (Wildman–Crippen MR) is 170 cm³/mol. The summed E-state index contributed by atoms with van der Waals surface area (Å²) >= 11 is 0. The van der Waals surface area contributed by atoms with E-state index in [1.54, 1.807) is 0 Å². The molecule has 0 aliphatic heterocycles. The van der Waals surface area contributed by atoms with E-state index in [1.165, 1.54) is 36.1 Å². The van der Waals surface area contributed by atoms with E-state index in [9.17, 15) is 24.6 Å². The van der Waals surface area contributed by atoms with Crippen LogP contribution in [-0.4, -0.2) is 67.0 Å². The van der Waals surface area contributed by atoms with Gasteiger partial charge in [-0.25, -0.2) is 4.79 Å². The fourth-order valence-electron chi connectivity index (χ4n) is 8.05. The molecule has 2 saturated carbocycles. The molecule has 6 N–H and O–H groups in total. The molecule has 11 nitrogen and oxygen atoms in total. The third-order valence-corrected chi connectivity index (χ3v) is 10.3. The molecule has 5 atom stereocenters. The molecule has 0 radical (unpaired) electrons. The van der Waals surface area contributed by atoms with Gasteiger partial charge in [0.1, 0.15) is 29.5 Å². The number of aromatic hydroxyl groups is 2. The number of nitrogen functional groups attached to an aromatic ring is 1. The van der Waals surface area contributed by atoms with Gasteiger partial charge in [0.25, 0.3) is 5.91 Å². The van der Waals surface area contributed by atoms with Crippen molar-refractivity contribution < 1.29 is 43.5 Å². The van der Waals surface area contributed by atoms with Crippen LogP contribution in [0.5, 0.6) is 17.2 Å². The molecule has 5 unspecified atom stereocenters. The van der Waals surface area contributed by atoms with Crippen molar-refractivity contribution in [1.82, 2.24) is 0 Å². The predicted octanol–water partition coefficient (Wildman–Crippen LogP) is 4.40. The molecule has 2 aromatic rings. The van der Waals surface area contributed by atoms with Crippen molar-refractivity contribution in [3.63, 3.8) is 0 Å². The van der Waals surface area contributed by atoms with Crippen LogP contribution < -0.4 is 16.2 Å². The summed E-state index contributed by atoms with van der Waals surface area (Å²) in [7, 11) is 0. The van der Waals surface area contributed by atoms with E-state index >= 15 is 0 Å². The van der Waals surface area contributed by atoms with E-state index < -0.39 is 24.2 Å². The lowest BCUT2D eigenvalue weighted by Crippen LogP contribution is -2.44. The number of Topliss-reactive ketones (excluding diaryl/α,β-unsaturated/α-hetero) is 1. The fourth-order valence-corrected chi connectivity index (χ4v) is 8.05. The van der Waals surface area contributed by atoms with E-state index in [2.05, 4.69) is 13.0 Å². The number of esters is 1. The number of carbonyl (C=O) groups excluding carboxylic acids is 3. The highest BCUT2D eigenvalue weighted by molar-refractivity contribution is 6.00. The number of amides is 1. The highest BCUT2D eigenvalue weighted by atomic mass is 16.6. The van der Waals surface area contributed by atoms with Crippen molar-refractivity contribution >= 4 is 23.3 Å². The first-order valence-corrected chi connectivity index (χ1v) is 16.3. The van der Waals surface area contributed by atoms with Crippen LogP contribution in [0.4, 0.5) is 5.69 Å². The number of nitrogens with two attached hydrogens (primary N) is 2. The summed E-state index contributed by atoms with van der Waals surface area (Å²) < 4.78 is 22.2. The number of phenolic OH excluding ortho intramolecular Hbond substituents is 1. The largest absolute Gasteiger partial charge is 0.508 e. The van der Waals surface area contributed by atoms with Crippen LogP contribution in [0.15, 0.2) is 30.3 Å². The first kappa shape index (κ1) is 33.7. The second kappa shape index (κ2) is 14.8. The van der Waals surface area contributed by atoms with Crippen molar-refractivity contribution in [2.75, 3.05) is 38.8 Å². The molecule has 0 saturated heterocycles. The average Bonchev–Trinajstić information content (AvgIpc) is 3.36. The number of hydrogen-bond donors (Lipinski definition) is 4. The number of anilines is 1. The Balaban J connectivity index is 0.929. The van der Waals surface area contributed by atoms with Crippen molar-refractivity contribution in [3.05, 3.63) is 47.0 Å². The number of hydrogen-bond acceptors (Lipinski definition) is 10. The van der Waals surface area contributed by atoms with E-state index in [4.69, 9.17) is 30.4 Å². The maximum atomic E-state index is 12.5. The van der Waals surface area contributed by atoms with Crippen molar-refractivity contribution in [1.29, 1.82) is 0 Å². The molecular weight excluding hydrogens is 592 g/mol. The lowest BCUT2D eigenvalue weighted by molar-refractivity contribution is -0.140.